The summed E-state index contributed by atoms with van der Waals surface area (Å²) >= 11 is 0. The van der Waals surface area contributed by atoms with Crippen molar-refractivity contribution in [3.63, 3.8) is 0 Å². The van der Waals surface area contributed by atoms with Crippen LogP contribution < -0.4 is 15.4 Å². The van der Waals surface area contributed by atoms with Crippen LogP contribution in [0.1, 0.15) is 22.3 Å². The Morgan fingerprint density at radius 2 is 1.68 bits per heavy atom. The minimum absolute atomic E-state index is 0.0442. The molecule has 34 heavy (non-hydrogen) atoms. The lowest BCUT2D eigenvalue weighted by molar-refractivity contribution is -0.115. The largest absolute Gasteiger partial charge is 0.496 e. The van der Waals surface area contributed by atoms with Crippen LogP contribution in [0.3, 0.4) is 0 Å². The third-order valence-electron chi connectivity index (χ3n) is 4.74. The maximum atomic E-state index is 14.4. The molecule has 0 saturated heterocycles. The average Bonchev–Trinajstić information content (AvgIpc) is 2.80. The molecule has 3 aromatic carbocycles. The molecule has 2 amide bonds. The molecule has 0 aromatic heterocycles. The molecular weight excluding hydrogens is 448 g/mol. The highest BCUT2D eigenvalue weighted by molar-refractivity contribution is 6.12. The molecule has 0 atom stereocenters. The van der Waals surface area contributed by atoms with Crippen LogP contribution in [0.5, 0.6) is 5.75 Å². The first kappa shape index (κ1) is 23.9. The molecule has 10 heteroatoms. The minimum Gasteiger partial charge on any atom is -0.496 e. The fourth-order valence-corrected chi connectivity index (χ4v) is 3.20. The van der Waals surface area contributed by atoms with Crippen molar-refractivity contribution in [2.75, 3.05) is 17.7 Å². The fourth-order valence-electron chi connectivity index (χ4n) is 3.20. The highest BCUT2D eigenvalue weighted by Gasteiger charge is 2.20. The number of nitriles is 1. The molecule has 0 aliphatic rings. The molecule has 3 N–H and O–H groups in total. The molecule has 0 bridgehead atoms. The maximum Gasteiger partial charge on any atom is 0.409 e. The van der Waals surface area contributed by atoms with Gasteiger partial charge >= 0.3 is 6.09 Å². The monoisotopic (exact) mass is 465 g/mol. The van der Waals surface area contributed by atoms with Gasteiger partial charge in [-0.1, -0.05) is 18.2 Å². The zero-order valence-corrected chi connectivity index (χ0v) is 17.7. The normalized spacial score (nSPS) is 10.2. The molecule has 0 saturated carbocycles. The number of nitrogens with one attached hydrogen (secondary N) is 2. The van der Waals surface area contributed by atoms with E-state index in [2.05, 4.69) is 10.6 Å². The van der Waals surface area contributed by atoms with Gasteiger partial charge in [-0.3, -0.25) is 14.9 Å². The third kappa shape index (κ3) is 5.34. The number of methoxy groups -OCH3 is 1. The molecule has 0 unspecified atom stereocenters. The zero-order chi connectivity index (χ0) is 24.8. The van der Waals surface area contributed by atoms with Crippen molar-refractivity contribution in [1.29, 1.82) is 5.26 Å². The standard InChI is InChI=1S/C24H17F2N3O5/c1-34-22-10-20(29-24(32)33)19(9-15(22)14-4-2-3-5-17(14)25)28-23(31)11-21(30)16-8-13(12-27)6-7-18(16)26/h2-10,29H,11H2,1H3,(H,28,31)(H,32,33). The van der Waals surface area contributed by atoms with Gasteiger partial charge in [0.2, 0.25) is 5.91 Å². The Morgan fingerprint density at radius 1 is 0.971 bits per heavy atom. The molecule has 3 rings (SSSR count). The van der Waals surface area contributed by atoms with Gasteiger partial charge < -0.3 is 15.2 Å². The summed E-state index contributed by atoms with van der Waals surface area (Å²) in [4.78, 5) is 36.2. The van der Waals surface area contributed by atoms with Gasteiger partial charge in [0.1, 0.15) is 17.4 Å². The van der Waals surface area contributed by atoms with Crippen LogP contribution in [-0.4, -0.2) is 30.0 Å². The number of hydrogen-bond acceptors (Lipinski definition) is 5. The first-order chi connectivity index (χ1) is 16.2. The van der Waals surface area contributed by atoms with E-state index in [1.165, 1.54) is 43.5 Å². The molecule has 0 radical (unpaired) electrons. The Balaban J connectivity index is 1.96. The SMILES string of the molecule is COc1cc(NC(=O)O)c(NC(=O)CC(=O)c2cc(C#N)ccc2F)cc1-c1ccccc1F. The van der Waals surface area contributed by atoms with Crippen molar-refractivity contribution in [3.05, 3.63) is 77.4 Å². The fraction of sp³-hybridized carbons (Fsp3) is 0.0833. The van der Waals surface area contributed by atoms with E-state index in [9.17, 15) is 23.2 Å². The van der Waals surface area contributed by atoms with E-state index in [0.717, 1.165) is 12.1 Å². The average molecular weight is 465 g/mol. The minimum atomic E-state index is -1.44. The zero-order valence-electron chi connectivity index (χ0n) is 17.7. The summed E-state index contributed by atoms with van der Waals surface area (Å²) in [7, 11) is 1.31. The number of benzene rings is 3. The van der Waals surface area contributed by atoms with E-state index < -0.39 is 41.4 Å². The van der Waals surface area contributed by atoms with Crippen LogP contribution in [-0.2, 0) is 4.79 Å². The van der Waals surface area contributed by atoms with Crippen LogP contribution in [0.4, 0.5) is 25.0 Å². The molecule has 0 aliphatic heterocycles. The number of halogens is 2. The number of ketones is 1. The first-order valence-electron chi connectivity index (χ1n) is 9.73. The molecule has 0 heterocycles. The Labute approximate surface area is 192 Å². The first-order valence-corrected chi connectivity index (χ1v) is 9.73. The lowest BCUT2D eigenvalue weighted by Crippen LogP contribution is -2.19. The third-order valence-corrected chi connectivity index (χ3v) is 4.74. The van der Waals surface area contributed by atoms with Gasteiger partial charge in [0.25, 0.3) is 0 Å². The van der Waals surface area contributed by atoms with Crippen molar-refractivity contribution in [1.82, 2.24) is 0 Å². The number of hydrogen-bond donors (Lipinski definition) is 3. The van der Waals surface area contributed by atoms with E-state index >= 15 is 0 Å². The predicted molar refractivity (Wildman–Crippen MR) is 119 cm³/mol. The summed E-state index contributed by atoms with van der Waals surface area (Å²) in [5, 5.41) is 22.6. The number of carbonyl (C=O) groups excluding carboxylic acids is 2. The van der Waals surface area contributed by atoms with Crippen molar-refractivity contribution in [3.8, 4) is 22.9 Å². The van der Waals surface area contributed by atoms with Gasteiger partial charge in [-0.05, 0) is 30.3 Å². The van der Waals surface area contributed by atoms with E-state index in [1.54, 1.807) is 12.1 Å². The summed E-state index contributed by atoms with van der Waals surface area (Å²) in [5.41, 5.74) is -0.217. The summed E-state index contributed by atoms with van der Waals surface area (Å²) in [5.74, 6) is -3.12. The van der Waals surface area contributed by atoms with E-state index in [-0.39, 0.29) is 33.8 Å². The lowest BCUT2D eigenvalue weighted by Gasteiger charge is -2.17. The number of ether oxygens (including phenoxy) is 1. The predicted octanol–water partition coefficient (Wildman–Crippen LogP) is 4.81. The smallest absolute Gasteiger partial charge is 0.409 e. The van der Waals surface area contributed by atoms with Crippen molar-refractivity contribution >= 4 is 29.2 Å². The van der Waals surface area contributed by atoms with Gasteiger partial charge in [0, 0.05) is 17.2 Å². The second kappa shape index (κ2) is 10.2. The maximum absolute atomic E-state index is 14.4. The van der Waals surface area contributed by atoms with Crippen LogP contribution in [0, 0.1) is 23.0 Å². The highest BCUT2D eigenvalue weighted by Crippen LogP contribution is 2.39. The van der Waals surface area contributed by atoms with Crippen molar-refractivity contribution in [2.45, 2.75) is 6.42 Å². The second-order valence-corrected chi connectivity index (χ2v) is 6.96. The van der Waals surface area contributed by atoms with Crippen molar-refractivity contribution < 1.29 is 33.0 Å². The van der Waals surface area contributed by atoms with Crippen LogP contribution in [0.25, 0.3) is 11.1 Å². The van der Waals surface area contributed by atoms with Gasteiger partial charge in [0.15, 0.2) is 5.78 Å². The van der Waals surface area contributed by atoms with Gasteiger partial charge in [-0.15, -0.1) is 0 Å². The Morgan fingerprint density at radius 3 is 2.32 bits per heavy atom. The topological polar surface area (TPSA) is 129 Å². The van der Waals surface area contributed by atoms with E-state index in [1.807, 2.05) is 0 Å². The Bertz CT molecular complexity index is 1330. The molecule has 0 aliphatic carbocycles. The number of amides is 2. The molecule has 8 nitrogen and oxygen atoms in total. The van der Waals surface area contributed by atoms with Gasteiger partial charge in [0.05, 0.1) is 42.1 Å². The number of rotatable bonds is 7. The Hall–Kier alpha value is -4.78. The number of nitrogens with zero attached hydrogens (tertiary/aromatic N) is 1. The molecule has 0 spiro atoms. The summed E-state index contributed by atoms with van der Waals surface area (Å²) in [6.45, 7) is 0. The van der Waals surface area contributed by atoms with Crippen molar-refractivity contribution in [2.24, 2.45) is 0 Å². The molecule has 172 valence electrons. The Kier molecular flexibility index (Phi) is 7.18. The summed E-state index contributed by atoms with van der Waals surface area (Å²) in [6.07, 6.45) is -2.23. The molecule has 0 fully saturated rings. The van der Waals surface area contributed by atoms with E-state index in [4.69, 9.17) is 15.1 Å². The lowest BCUT2D eigenvalue weighted by atomic mass is 10.0. The number of carboxylic acid groups (broad SMARTS) is 1. The highest BCUT2D eigenvalue weighted by atomic mass is 19.1. The summed E-state index contributed by atoms with van der Waals surface area (Å²) < 4.78 is 33.7. The molecular formula is C24H17F2N3O5. The number of Topliss-reactive ketones (excluding diaryl/α,β-unsaturated/α-hetero) is 1. The van der Waals surface area contributed by atoms with Gasteiger partial charge in [-0.25, -0.2) is 13.6 Å². The second-order valence-electron chi connectivity index (χ2n) is 6.96. The number of anilines is 2. The number of carbonyl (C=O) groups is 3. The van der Waals surface area contributed by atoms with Gasteiger partial charge in [-0.2, -0.15) is 5.26 Å². The quantitative estimate of drug-likeness (QED) is 0.339. The van der Waals surface area contributed by atoms with Crippen LogP contribution in [0.2, 0.25) is 0 Å². The van der Waals surface area contributed by atoms with Crippen LogP contribution >= 0.6 is 0 Å². The molecule has 3 aromatic rings. The summed E-state index contributed by atoms with van der Waals surface area (Å²) in [6, 6.07) is 13.3. The van der Waals surface area contributed by atoms with Crippen LogP contribution in [0.15, 0.2) is 54.6 Å². The van der Waals surface area contributed by atoms with E-state index in [0.29, 0.717) is 0 Å².